The van der Waals surface area contributed by atoms with Crippen LogP contribution in [-0.4, -0.2) is 11.5 Å². The molecule has 18 heavy (non-hydrogen) atoms. The molecule has 0 amide bonds. The number of aromatic nitrogens is 1. The standard InChI is InChI=1S/C15H17BrN2/c1-12(14-7-2-3-8-15(14)16)17-11-9-13-6-4-5-10-18-13/h2-8,10,12,17H,9,11H2,1H3/t12-/m1/s1. The van der Waals surface area contributed by atoms with Crippen LogP contribution in [0, 0.1) is 0 Å². The van der Waals surface area contributed by atoms with E-state index in [2.05, 4.69) is 57.4 Å². The molecule has 0 fully saturated rings. The maximum atomic E-state index is 4.32. The second-order valence-electron chi connectivity index (χ2n) is 4.27. The average molecular weight is 305 g/mol. The summed E-state index contributed by atoms with van der Waals surface area (Å²) in [6, 6.07) is 14.7. The van der Waals surface area contributed by atoms with Crippen LogP contribution in [0.15, 0.2) is 53.1 Å². The first kappa shape index (κ1) is 13.2. The van der Waals surface area contributed by atoms with Crippen molar-refractivity contribution in [1.82, 2.24) is 10.3 Å². The molecule has 0 aliphatic rings. The van der Waals surface area contributed by atoms with Gasteiger partial charge in [-0.15, -0.1) is 0 Å². The lowest BCUT2D eigenvalue weighted by Gasteiger charge is -2.15. The van der Waals surface area contributed by atoms with Crippen molar-refractivity contribution in [2.75, 3.05) is 6.54 Å². The fourth-order valence-electron chi connectivity index (χ4n) is 1.90. The van der Waals surface area contributed by atoms with E-state index in [4.69, 9.17) is 0 Å². The van der Waals surface area contributed by atoms with Crippen molar-refractivity contribution in [3.05, 3.63) is 64.4 Å². The van der Waals surface area contributed by atoms with Crippen molar-refractivity contribution in [2.24, 2.45) is 0 Å². The van der Waals surface area contributed by atoms with Gasteiger partial charge in [0.05, 0.1) is 0 Å². The van der Waals surface area contributed by atoms with Gasteiger partial charge in [0, 0.05) is 35.4 Å². The third-order valence-corrected chi connectivity index (χ3v) is 3.65. The minimum atomic E-state index is 0.337. The second kappa shape index (κ2) is 6.66. The predicted molar refractivity (Wildman–Crippen MR) is 78.5 cm³/mol. The molecule has 2 rings (SSSR count). The first-order valence-electron chi connectivity index (χ1n) is 6.15. The fraction of sp³-hybridized carbons (Fsp3) is 0.267. The zero-order chi connectivity index (χ0) is 12.8. The quantitative estimate of drug-likeness (QED) is 0.910. The van der Waals surface area contributed by atoms with Crippen molar-refractivity contribution in [3.63, 3.8) is 0 Å². The number of nitrogens with one attached hydrogen (secondary N) is 1. The Labute approximate surface area is 117 Å². The van der Waals surface area contributed by atoms with Crippen molar-refractivity contribution in [3.8, 4) is 0 Å². The van der Waals surface area contributed by atoms with Gasteiger partial charge in [0.15, 0.2) is 0 Å². The van der Waals surface area contributed by atoms with Gasteiger partial charge in [-0.2, -0.15) is 0 Å². The maximum Gasteiger partial charge on any atom is 0.0416 e. The number of hydrogen-bond donors (Lipinski definition) is 1. The SMILES string of the molecule is C[C@@H](NCCc1ccccn1)c1ccccc1Br. The molecule has 1 aromatic heterocycles. The lowest BCUT2D eigenvalue weighted by Crippen LogP contribution is -2.21. The summed E-state index contributed by atoms with van der Waals surface area (Å²) in [6.07, 6.45) is 2.79. The van der Waals surface area contributed by atoms with Crippen LogP contribution >= 0.6 is 15.9 Å². The minimum Gasteiger partial charge on any atom is -0.310 e. The Morgan fingerprint density at radius 2 is 1.94 bits per heavy atom. The van der Waals surface area contributed by atoms with Gasteiger partial charge >= 0.3 is 0 Å². The molecule has 0 radical (unpaired) electrons. The molecule has 0 unspecified atom stereocenters. The van der Waals surface area contributed by atoms with Gasteiger partial charge in [0.1, 0.15) is 0 Å². The number of benzene rings is 1. The van der Waals surface area contributed by atoms with Crippen molar-refractivity contribution in [1.29, 1.82) is 0 Å². The van der Waals surface area contributed by atoms with E-state index in [1.807, 2.05) is 24.4 Å². The third kappa shape index (κ3) is 3.65. The van der Waals surface area contributed by atoms with Gasteiger partial charge in [0.2, 0.25) is 0 Å². The zero-order valence-corrected chi connectivity index (χ0v) is 12.0. The van der Waals surface area contributed by atoms with Gasteiger partial charge in [-0.1, -0.05) is 40.2 Å². The largest absolute Gasteiger partial charge is 0.310 e. The number of halogens is 1. The minimum absolute atomic E-state index is 0.337. The molecule has 1 atom stereocenters. The molecule has 2 nitrogen and oxygen atoms in total. The molecule has 0 saturated heterocycles. The summed E-state index contributed by atoms with van der Waals surface area (Å²) in [4.78, 5) is 4.32. The molecule has 0 bridgehead atoms. The molecule has 3 heteroatoms. The zero-order valence-electron chi connectivity index (χ0n) is 10.4. The summed E-state index contributed by atoms with van der Waals surface area (Å²) in [5.74, 6) is 0. The first-order valence-corrected chi connectivity index (χ1v) is 6.94. The highest BCUT2D eigenvalue weighted by atomic mass is 79.9. The van der Waals surface area contributed by atoms with Crippen LogP contribution in [0.25, 0.3) is 0 Å². The van der Waals surface area contributed by atoms with Gasteiger partial charge in [-0.05, 0) is 30.7 Å². The van der Waals surface area contributed by atoms with Crippen LogP contribution in [0.1, 0.15) is 24.2 Å². The molecule has 0 aliphatic carbocycles. The summed E-state index contributed by atoms with van der Waals surface area (Å²) in [5, 5.41) is 3.52. The van der Waals surface area contributed by atoms with Crippen molar-refractivity contribution >= 4 is 15.9 Å². The smallest absolute Gasteiger partial charge is 0.0416 e. The monoisotopic (exact) mass is 304 g/mol. The normalized spacial score (nSPS) is 12.3. The van der Waals surface area contributed by atoms with Gasteiger partial charge < -0.3 is 5.32 Å². The topological polar surface area (TPSA) is 24.9 Å². The lowest BCUT2D eigenvalue weighted by molar-refractivity contribution is 0.572. The predicted octanol–water partition coefficient (Wildman–Crippen LogP) is 3.74. The molecular formula is C15H17BrN2. The van der Waals surface area contributed by atoms with Crippen molar-refractivity contribution < 1.29 is 0 Å². The van der Waals surface area contributed by atoms with Crippen molar-refractivity contribution in [2.45, 2.75) is 19.4 Å². The fourth-order valence-corrected chi connectivity index (χ4v) is 2.53. The second-order valence-corrected chi connectivity index (χ2v) is 5.12. The molecule has 0 spiro atoms. The van der Waals surface area contributed by atoms with E-state index in [0.717, 1.165) is 23.1 Å². The summed E-state index contributed by atoms with van der Waals surface area (Å²) >= 11 is 3.58. The van der Waals surface area contributed by atoms with E-state index < -0.39 is 0 Å². The lowest BCUT2D eigenvalue weighted by atomic mass is 10.1. The van der Waals surface area contributed by atoms with Gasteiger partial charge in [0.25, 0.3) is 0 Å². The van der Waals surface area contributed by atoms with E-state index in [1.165, 1.54) is 5.56 Å². The van der Waals surface area contributed by atoms with Crippen LogP contribution in [0.2, 0.25) is 0 Å². The molecule has 1 N–H and O–H groups in total. The number of pyridine rings is 1. The van der Waals surface area contributed by atoms with Crippen LogP contribution in [0.4, 0.5) is 0 Å². The Bertz CT molecular complexity index is 485. The van der Waals surface area contributed by atoms with Crippen LogP contribution < -0.4 is 5.32 Å². The Morgan fingerprint density at radius 3 is 2.67 bits per heavy atom. The van der Waals surface area contributed by atoms with E-state index in [0.29, 0.717) is 6.04 Å². The summed E-state index contributed by atoms with van der Waals surface area (Å²) in [5.41, 5.74) is 2.42. The third-order valence-electron chi connectivity index (χ3n) is 2.93. The molecular weight excluding hydrogens is 288 g/mol. The highest BCUT2D eigenvalue weighted by Crippen LogP contribution is 2.22. The molecule has 1 aromatic carbocycles. The number of rotatable bonds is 5. The molecule has 2 aromatic rings. The highest BCUT2D eigenvalue weighted by Gasteiger charge is 2.07. The van der Waals surface area contributed by atoms with Crippen LogP contribution in [-0.2, 0) is 6.42 Å². The summed E-state index contributed by atoms with van der Waals surface area (Å²) in [6.45, 7) is 3.11. The molecule has 94 valence electrons. The average Bonchev–Trinajstić information content (AvgIpc) is 2.40. The van der Waals surface area contributed by atoms with Gasteiger partial charge in [-0.25, -0.2) is 0 Å². The highest BCUT2D eigenvalue weighted by molar-refractivity contribution is 9.10. The Hall–Kier alpha value is -1.19. The van der Waals surface area contributed by atoms with E-state index in [-0.39, 0.29) is 0 Å². The summed E-state index contributed by atoms with van der Waals surface area (Å²) < 4.78 is 1.16. The number of hydrogen-bond acceptors (Lipinski definition) is 2. The van der Waals surface area contributed by atoms with Gasteiger partial charge in [-0.3, -0.25) is 4.98 Å². The first-order chi connectivity index (χ1) is 8.77. The van der Waals surface area contributed by atoms with E-state index in [1.54, 1.807) is 0 Å². The summed E-state index contributed by atoms with van der Waals surface area (Å²) in [7, 11) is 0. The molecule has 1 heterocycles. The maximum absolute atomic E-state index is 4.32. The van der Waals surface area contributed by atoms with E-state index >= 15 is 0 Å². The Kier molecular flexibility index (Phi) is 4.90. The van der Waals surface area contributed by atoms with Crippen LogP contribution in [0.5, 0.6) is 0 Å². The van der Waals surface area contributed by atoms with E-state index in [9.17, 15) is 0 Å². The molecule has 0 saturated carbocycles. The molecule has 0 aliphatic heterocycles. The van der Waals surface area contributed by atoms with Crippen LogP contribution in [0.3, 0.4) is 0 Å². The Balaban J connectivity index is 1.86. The number of nitrogens with zero attached hydrogens (tertiary/aromatic N) is 1. The Morgan fingerprint density at radius 1 is 1.17 bits per heavy atom.